The summed E-state index contributed by atoms with van der Waals surface area (Å²) in [4.78, 5) is 23.2. The van der Waals surface area contributed by atoms with E-state index in [0.717, 1.165) is 35.7 Å². The third-order valence-electron chi connectivity index (χ3n) is 4.51. The zero-order chi connectivity index (χ0) is 18.5. The van der Waals surface area contributed by atoms with Crippen molar-refractivity contribution in [3.63, 3.8) is 0 Å². The Labute approximate surface area is 162 Å². The van der Waals surface area contributed by atoms with Gasteiger partial charge in [0.15, 0.2) is 5.13 Å². The van der Waals surface area contributed by atoms with E-state index in [4.69, 9.17) is 0 Å². The maximum atomic E-state index is 12.3. The molecule has 6 nitrogen and oxygen atoms in total. The highest BCUT2D eigenvalue weighted by Crippen LogP contribution is 2.25. The van der Waals surface area contributed by atoms with Crippen LogP contribution in [0.4, 0.5) is 21.3 Å². The molecule has 2 amide bonds. The molecule has 0 aliphatic carbocycles. The average Bonchev–Trinajstić information content (AvgIpc) is 3.18. The van der Waals surface area contributed by atoms with Gasteiger partial charge in [0, 0.05) is 47.8 Å². The van der Waals surface area contributed by atoms with Crippen LogP contribution in [0.25, 0.3) is 11.3 Å². The Morgan fingerprint density at radius 3 is 2.78 bits per heavy atom. The topological polar surface area (TPSA) is 70.2 Å². The molecule has 4 rings (SSSR count). The molecule has 1 saturated heterocycles. The number of nitrogens with one attached hydrogen (secondary N) is 2. The summed E-state index contributed by atoms with van der Waals surface area (Å²) in [6.07, 6.45) is 7.22. The number of rotatable bonds is 4. The molecule has 0 unspecified atom stereocenters. The highest BCUT2D eigenvalue weighted by atomic mass is 32.1. The lowest BCUT2D eigenvalue weighted by atomic mass is 10.1. The largest absolute Gasteiger partial charge is 0.371 e. The molecule has 7 heteroatoms. The van der Waals surface area contributed by atoms with Gasteiger partial charge in [-0.3, -0.25) is 10.3 Å². The summed E-state index contributed by atoms with van der Waals surface area (Å²) in [5.41, 5.74) is 3.66. The smallest absolute Gasteiger partial charge is 0.325 e. The third-order valence-corrected chi connectivity index (χ3v) is 5.26. The van der Waals surface area contributed by atoms with E-state index in [9.17, 15) is 4.79 Å². The number of amides is 2. The van der Waals surface area contributed by atoms with Crippen LogP contribution in [-0.4, -0.2) is 29.1 Å². The first-order valence-electron chi connectivity index (χ1n) is 9.07. The molecule has 27 heavy (non-hydrogen) atoms. The van der Waals surface area contributed by atoms with Gasteiger partial charge in [-0.25, -0.2) is 9.78 Å². The van der Waals surface area contributed by atoms with Crippen molar-refractivity contribution in [2.24, 2.45) is 0 Å². The molecule has 0 saturated carbocycles. The van der Waals surface area contributed by atoms with E-state index < -0.39 is 0 Å². The van der Waals surface area contributed by atoms with Crippen LogP contribution in [0.3, 0.4) is 0 Å². The normalized spacial score (nSPS) is 14.0. The summed E-state index contributed by atoms with van der Waals surface area (Å²) in [5.74, 6) is 0. The van der Waals surface area contributed by atoms with Crippen molar-refractivity contribution in [2.45, 2.75) is 19.3 Å². The second kappa shape index (κ2) is 8.18. The number of benzene rings is 1. The fraction of sp³-hybridized carbons (Fsp3) is 0.250. The molecule has 0 atom stereocenters. The molecule has 0 bridgehead atoms. The predicted octanol–water partition coefficient (Wildman–Crippen LogP) is 4.84. The first kappa shape index (κ1) is 17.5. The van der Waals surface area contributed by atoms with Crippen molar-refractivity contribution in [1.82, 2.24) is 9.97 Å². The Bertz CT molecular complexity index is 906. The number of hydrogen-bond acceptors (Lipinski definition) is 5. The van der Waals surface area contributed by atoms with Crippen LogP contribution in [-0.2, 0) is 0 Å². The van der Waals surface area contributed by atoms with Gasteiger partial charge < -0.3 is 10.2 Å². The number of urea groups is 1. The van der Waals surface area contributed by atoms with Crippen LogP contribution < -0.4 is 15.5 Å². The lowest BCUT2D eigenvalue weighted by Crippen LogP contribution is -2.29. The monoisotopic (exact) mass is 379 g/mol. The Morgan fingerprint density at radius 1 is 1.07 bits per heavy atom. The minimum atomic E-state index is -0.294. The van der Waals surface area contributed by atoms with Gasteiger partial charge in [0.2, 0.25) is 0 Å². The number of hydrogen-bond donors (Lipinski definition) is 2. The molecular weight excluding hydrogens is 358 g/mol. The van der Waals surface area contributed by atoms with E-state index in [0.29, 0.717) is 5.13 Å². The fourth-order valence-corrected chi connectivity index (χ4v) is 3.88. The van der Waals surface area contributed by atoms with Crippen molar-refractivity contribution < 1.29 is 4.79 Å². The molecular formula is C20H21N5OS. The van der Waals surface area contributed by atoms with Gasteiger partial charge in [0.25, 0.3) is 0 Å². The molecule has 138 valence electrons. The lowest BCUT2D eigenvalue weighted by Gasteiger charge is -2.29. The summed E-state index contributed by atoms with van der Waals surface area (Å²) < 4.78 is 0. The number of pyridine rings is 1. The molecule has 3 aromatic rings. The summed E-state index contributed by atoms with van der Waals surface area (Å²) in [7, 11) is 0. The standard InChI is InChI=1S/C20H21N5OS/c26-19(24-20-23-18(14-27-20)15-6-5-9-21-13-15)22-16-7-4-8-17(12-16)25-10-2-1-3-11-25/h4-9,12-14H,1-3,10-11H2,(H2,22,23,24,26). The molecule has 1 aromatic carbocycles. The van der Waals surface area contributed by atoms with Crippen molar-refractivity contribution in [2.75, 3.05) is 28.6 Å². The van der Waals surface area contributed by atoms with Crippen molar-refractivity contribution in [1.29, 1.82) is 0 Å². The number of carbonyl (C=O) groups is 1. The molecule has 0 spiro atoms. The van der Waals surface area contributed by atoms with Crippen LogP contribution in [0.15, 0.2) is 54.2 Å². The van der Waals surface area contributed by atoms with Gasteiger partial charge in [-0.15, -0.1) is 11.3 Å². The maximum Gasteiger partial charge on any atom is 0.325 e. The van der Waals surface area contributed by atoms with E-state index in [1.54, 1.807) is 12.4 Å². The first-order chi connectivity index (χ1) is 13.3. The Balaban J connectivity index is 1.39. The van der Waals surface area contributed by atoms with Gasteiger partial charge in [-0.1, -0.05) is 6.07 Å². The van der Waals surface area contributed by atoms with Gasteiger partial charge >= 0.3 is 6.03 Å². The van der Waals surface area contributed by atoms with E-state index in [-0.39, 0.29) is 6.03 Å². The Kier molecular flexibility index (Phi) is 5.29. The Morgan fingerprint density at radius 2 is 1.96 bits per heavy atom. The molecule has 1 aliphatic rings. The zero-order valence-electron chi connectivity index (χ0n) is 14.9. The molecule has 1 aliphatic heterocycles. The first-order valence-corrected chi connectivity index (χ1v) is 9.95. The van der Waals surface area contributed by atoms with E-state index in [1.165, 1.54) is 30.6 Å². The summed E-state index contributed by atoms with van der Waals surface area (Å²) in [6.45, 7) is 2.15. The van der Waals surface area contributed by atoms with Gasteiger partial charge in [-0.2, -0.15) is 0 Å². The number of carbonyl (C=O) groups excluding carboxylic acids is 1. The summed E-state index contributed by atoms with van der Waals surface area (Å²) in [6, 6.07) is 11.5. The molecule has 0 radical (unpaired) electrons. The molecule has 1 fully saturated rings. The summed E-state index contributed by atoms with van der Waals surface area (Å²) in [5, 5.41) is 8.16. The molecule has 3 heterocycles. The zero-order valence-corrected chi connectivity index (χ0v) is 15.7. The van der Waals surface area contributed by atoms with Crippen LogP contribution in [0.2, 0.25) is 0 Å². The number of anilines is 3. The van der Waals surface area contributed by atoms with Gasteiger partial charge in [0.1, 0.15) is 0 Å². The second-order valence-electron chi connectivity index (χ2n) is 6.46. The number of piperidine rings is 1. The van der Waals surface area contributed by atoms with Crippen LogP contribution in [0.5, 0.6) is 0 Å². The lowest BCUT2D eigenvalue weighted by molar-refractivity contribution is 0.262. The summed E-state index contributed by atoms with van der Waals surface area (Å²) >= 11 is 1.39. The number of nitrogens with zero attached hydrogens (tertiary/aromatic N) is 3. The average molecular weight is 379 g/mol. The van der Waals surface area contributed by atoms with Crippen molar-refractivity contribution in [3.05, 3.63) is 54.2 Å². The third kappa shape index (κ3) is 4.43. The van der Waals surface area contributed by atoms with E-state index in [2.05, 4.69) is 31.6 Å². The van der Waals surface area contributed by atoms with Gasteiger partial charge in [-0.05, 0) is 49.6 Å². The van der Waals surface area contributed by atoms with Crippen LogP contribution in [0.1, 0.15) is 19.3 Å². The highest BCUT2D eigenvalue weighted by Gasteiger charge is 2.12. The molecule has 2 N–H and O–H groups in total. The quantitative estimate of drug-likeness (QED) is 0.680. The van der Waals surface area contributed by atoms with Crippen LogP contribution in [0, 0.1) is 0 Å². The number of aromatic nitrogens is 2. The van der Waals surface area contributed by atoms with E-state index >= 15 is 0 Å². The maximum absolute atomic E-state index is 12.3. The number of thiazole rings is 1. The van der Waals surface area contributed by atoms with Gasteiger partial charge in [0.05, 0.1) is 5.69 Å². The predicted molar refractivity (Wildman–Crippen MR) is 110 cm³/mol. The minimum absolute atomic E-state index is 0.294. The van der Waals surface area contributed by atoms with Crippen molar-refractivity contribution >= 4 is 33.9 Å². The van der Waals surface area contributed by atoms with E-state index in [1.807, 2.05) is 35.7 Å². The van der Waals surface area contributed by atoms with Crippen LogP contribution >= 0.6 is 11.3 Å². The minimum Gasteiger partial charge on any atom is -0.371 e. The Hall–Kier alpha value is -2.93. The highest BCUT2D eigenvalue weighted by molar-refractivity contribution is 7.14. The fourth-order valence-electron chi connectivity index (χ4n) is 3.17. The van der Waals surface area contributed by atoms with Crippen molar-refractivity contribution in [3.8, 4) is 11.3 Å². The molecule has 2 aromatic heterocycles. The second-order valence-corrected chi connectivity index (χ2v) is 7.31. The SMILES string of the molecule is O=C(Nc1cccc(N2CCCCC2)c1)Nc1nc(-c2cccnc2)cs1.